The molecule has 5 heteroatoms. The van der Waals surface area contributed by atoms with Gasteiger partial charge in [-0.25, -0.2) is 0 Å². The number of hydrogen-bond acceptors (Lipinski definition) is 5. The minimum Gasteiger partial charge on any atom is -0.497 e. The first-order valence-corrected chi connectivity index (χ1v) is 10.9. The molecule has 0 unspecified atom stereocenters. The lowest BCUT2D eigenvalue weighted by atomic mass is 9.80. The zero-order chi connectivity index (χ0) is 23.3. The maximum atomic E-state index is 10.5. The number of aliphatic hydroxyl groups excluding tert-OH is 1. The summed E-state index contributed by atoms with van der Waals surface area (Å²) in [6, 6.07) is 25.6. The highest BCUT2D eigenvalue weighted by Gasteiger charge is 2.41. The lowest BCUT2D eigenvalue weighted by Crippen LogP contribution is -2.38. The molecule has 4 rings (SSSR count). The Balaban J connectivity index is 1.82. The van der Waals surface area contributed by atoms with Crippen LogP contribution in [-0.2, 0) is 15.1 Å². The molecule has 0 amide bonds. The Labute approximate surface area is 194 Å². The maximum Gasteiger partial charge on any atom is 0.143 e. The van der Waals surface area contributed by atoms with E-state index in [4.69, 9.17) is 25.4 Å². The van der Waals surface area contributed by atoms with E-state index in [1.165, 1.54) is 0 Å². The van der Waals surface area contributed by atoms with Crippen molar-refractivity contribution in [2.75, 3.05) is 20.8 Å². The smallest absolute Gasteiger partial charge is 0.143 e. The van der Waals surface area contributed by atoms with Gasteiger partial charge in [0.25, 0.3) is 0 Å². The number of rotatable bonds is 8. The van der Waals surface area contributed by atoms with Crippen molar-refractivity contribution in [3.63, 3.8) is 0 Å². The number of hydrogen-bond donors (Lipinski definition) is 1. The summed E-state index contributed by atoms with van der Waals surface area (Å²) < 4.78 is 23.3. The summed E-state index contributed by atoms with van der Waals surface area (Å²) in [6.07, 6.45) is 4.29. The third kappa shape index (κ3) is 4.60. The molecule has 5 nitrogen and oxygen atoms in total. The van der Waals surface area contributed by atoms with Gasteiger partial charge in [0.05, 0.1) is 26.9 Å². The zero-order valence-corrected chi connectivity index (χ0v) is 18.8. The molecule has 0 radical (unpaired) electrons. The highest BCUT2D eigenvalue weighted by molar-refractivity contribution is 5.49. The van der Waals surface area contributed by atoms with Crippen LogP contribution in [0.4, 0.5) is 0 Å². The van der Waals surface area contributed by atoms with Crippen molar-refractivity contribution >= 4 is 0 Å². The average Bonchev–Trinajstić information content (AvgIpc) is 3.25. The Kier molecular flexibility index (Phi) is 7.00. The molecule has 33 heavy (non-hydrogen) atoms. The fraction of sp³-hybridized carbons (Fsp3) is 0.286. The van der Waals surface area contributed by atoms with E-state index in [0.29, 0.717) is 6.42 Å². The molecule has 170 valence electrons. The van der Waals surface area contributed by atoms with Crippen molar-refractivity contribution in [2.24, 2.45) is 0 Å². The van der Waals surface area contributed by atoms with E-state index in [2.05, 4.69) is 5.92 Å². The molecule has 3 atom stereocenters. The van der Waals surface area contributed by atoms with Gasteiger partial charge in [-0.15, -0.1) is 6.42 Å². The summed E-state index contributed by atoms with van der Waals surface area (Å²) in [7, 11) is 3.28. The third-order valence-corrected chi connectivity index (χ3v) is 6.05. The lowest BCUT2D eigenvalue weighted by molar-refractivity contribution is -0.0759. The average molecular weight is 445 g/mol. The van der Waals surface area contributed by atoms with E-state index >= 15 is 0 Å². The summed E-state index contributed by atoms with van der Waals surface area (Å²) in [5.74, 6) is 4.08. The minimum absolute atomic E-state index is 0.159. The van der Waals surface area contributed by atoms with Crippen LogP contribution in [0.1, 0.15) is 23.1 Å². The Morgan fingerprint density at radius 2 is 1.39 bits per heavy atom. The van der Waals surface area contributed by atoms with Gasteiger partial charge in [-0.1, -0.05) is 60.5 Å². The SMILES string of the molecule is C#C[C@H]1C[C@H](O)[C@@H](COC(c2ccccc2)(c2ccc(OC)cc2)c2ccc(OC)cc2)O1. The Hall–Kier alpha value is -3.30. The minimum atomic E-state index is -0.961. The van der Waals surface area contributed by atoms with Crippen molar-refractivity contribution in [3.8, 4) is 23.8 Å². The van der Waals surface area contributed by atoms with Crippen LogP contribution in [0, 0.1) is 12.3 Å². The highest BCUT2D eigenvalue weighted by atomic mass is 16.6. The van der Waals surface area contributed by atoms with E-state index in [1.807, 2.05) is 78.9 Å². The van der Waals surface area contributed by atoms with Crippen LogP contribution in [-0.4, -0.2) is 44.2 Å². The van der Waals surface area contributed by atoms with Gasteiger partial charge in [0.1, 0.15) is 29.3 Å². The maximum absolute atomic E-state index is 10.5. The number of benzene rings is 3. The van der Waals surface area contributed by atoms with Crippen LogP contribution < -0.4 is 9.47 Å². The summed E-state index contributed by atoms with van der Waals surface area (Å²) >= 11 is 0. The molecule has 0 spiro atoms. The molecule has 1 aliphatic rings. The number of terminal acetylenes is 1. The number of ether oxygens (including phenoxy) is 4. The van der Waals surface area contributed by atoms with Gasteiger partial charge >= 0.3 is 0 Å². The van der Waals surface area contributed by atoms with Crippen LogP contribution in [0.15, 0.2) is 78.9 Å². The van der Waals surface area contributed by atoms with E-state index in [-0.39, 0.29) is 6.61 Å². The van der Waals surface area contributed by atoms with Gasteiger partial charge in [-0.3, -0.25) is 0 Å². The molecule has 3 aromatic rings. The van der Waals surface area contributed by atoms with E-state index < -0.39 is 23.9 Å². The van der Waals surface area contributed by atoms with Crippen molar-refractivity contribution < 1.29 is 24.1 Å². The summed E-state index contributed by atoms with van der Waals surface area (Å²) in [4.78, 5) is 0. The van der Waals surface area contributed by atoms with Gasteiger partial charge in [-0.05, 0) is 41.0 Å². The van der Waals surface area contributed by atoms with E-state index in [1.54, 1.807) is 14.2 Å². The molecular weight excluding hydrogens is 416 g/mol. The van der Waals surface area contributed by atoms with Crippen molar-refractivity contribution in [1.29, 1.82) is 0 Å². The van der Waals surface area contributed by atoms with Gasteiger partial charge in [-0.2, -0.15) is 0 Å². The molecule has 1 aliphatic heterocycles. The first-order chi connectivity index (χ1) is 16.1. The Morgan fingerprint density at radius 3 is 1.85 bits per heavy atom. The standard InChI is InChI=1S/C28H28O5/c1-4-23-18-26(29)27(33-23)19-32-28(20-8-6-5-7-9-20,21-10-14-24(30-2)15-11-21)22-12-16-25(31-3)17-13-22/h1,5-17,23,26-27,29H,18-19H2,2-3H3/t23-,26-,27+/m0/s1. The van der Waals surface area contributed by atoms with Crippen LogP contribution in [0.2, 0.25) is 0 Å². The molecule has 1 fully saturated rings. The van der Waals surface area contributed by atoms with Crippen LogP contribution in [0.25, 0.3) is 0 Å². The van der Waals surface area contributed by atoms with Crippen LogP contribution in [0.5, 0.6) is 11.5 Å². The quantitative estimate of drug-likeness (QED) is 0.418. The molecule has 1 saturated heterocycles. The van der Waals surface area contributed by atoms with Crippen molar-refractivity contribution in [2.45, 2.75) is 30.3 Å². The largest absolute Gasteiger partial charge is 0.497 e. The van der Waals surface area contributed by atoms with Crippen LogP contribution in [0.3, 0.4) is 0 Å². The highest BCUT2D eigenvalue weighted by Crippen LogP contribution is 2.42. The predicted molar refractivity (Wildman–Crippen MR) is 126 cm³/mol. The Bertz CT molecular complexity index is 1020. The Morgan fingerprint density at radius 1 is 0.879 bits per heavy atom. The summed E-state index contributed by atoms with van der Waals surface area (Å²) in [5, 5.41) is 10.5. The van der Waals surface area contributed by atoms with Gasteiger partial charge < -0.3 is 24.1 Å². The lowest BCUT2D eigenvalue weighted by Gasteiger charge is -2.37. The zero-order valence-electron chi connectivity index (χ0n) is 18.8. The van der Waals surface area contributed by atoms with E-state index in [0.717, 1.165) is 28.2 Å². The summed E-state index contributed by atoms with van der Waals surface area (Å²) in [6.45, 7) is 0.159. The fourth-order valence-corrected chi connectivity index (χ4v) is 4.27. The monoisotopic (exact) mass is 444 g/mol. The topological polar surface area (TPSA) is 57.2 Å². The second-order valence-corrected chi connectivity index (χ2v) is 7.95. The fourth-order valence-electron chi connectivity index (χ4n) is 4.27. The van der Waals surface area contributed by atoms with Gasteiger partial charge in [0.15, 0.2) is 0 Å². The second-order valence-electron chi connectivity index (χ2n) is 7.95. The van der Waals surface area contributed by atoms with Crippen molar-refractivity contribution in [3.05, 3.63) is 95.6 Å². The number of methoxy groups -OCH3 is 2. The van der Waals surface area contributed by atoms with E-state index in [9.17, 15) is 5.11 Å². The molecule has 1 heterocycles. The molecular formula is C28H28O5. The van der Waals surface area contributed by atoms with Crippen LogP contribution >= 0.6 is 0 Å². The summed E-state index contributed by atoms with van der Waals surface area (Å²) in [5.41, 5.74) is 1.82. The molecule has 0 aliphatic carbocycles. The molecule has 0 aromatic heterocycles. The number of aliphatic hydroxyl groups is 1. The molecule has 3 aromatic carbocycles. The molecule has 1 N–H and O–H groups in total. The van der Waals surface area contributed by atoms with Crippen molar-refractivity contribution in [1.82, 2.24) is 0 Å². The molecule has 0 bridgehead atoms. The third-order valence-electron chi connectivity index (χ3n) is 6.05. The predicted octanol–water partition coefficient (Wildman–Crippen LogP) is 4.16. The van der Waals surface area contributed by atoms with Gasteiger partial charge in [0, 0.05) is 6.42 Å². The first kappa shape index (κ1) is 22.9. The first-order valence-electron chi connectivity index (χ1n) is 10.9. The van der Waals surface area contributed by atoms with Gasteiger partial charge in [0.2, 0.25) is 0 Å². The second kappa shape index (κ2) is 10.1. The molecule has 0 saturated carbocycles. The normalized spacial score (nSPS) is 20.2.